The van der Waals surface area contributed by atoms with E-state index in [-0.39, 0.29) is 0 Å². The first-order chi connectivity index (χ1) is 25.2. The van der Waals surface area contributed by atoms with Crippen LogP contribution in [0.3, 0.4) is 0 Å². The zero-order valence-corrected chi connectivity index (χ0v) is 27.5. The minimum absolute atomic E-state index is 0.598. The third-order valence-electron chi connectivity index (χ3n) is 9.70. The van der Waals surface area contributed by atoms with Crippen LogP contribution in [0.15, 0.2) is 180 Å². The SMILES string of the molecule is c1ccc(-c2ccc(-c3nc(-c4ccc5ccccc5c4)nc(-c4cc5ccc(-c6ccccc6)cc5c5oc6ccccc6c45)n3)cc2)cc1. The summed E-state index contributed by atoms with van der Waals surface area (Å²) >= 11 is 0. The van der Waals surface area contributed by atoms with E-state index in [4.69, 9.17) is 19.4 Å². The molecule has 2 aromatic heterocycles. The summed E-state index contributed by atoms with van der Waals surface area (Å²) in [7, 11) is 0. The maximum absolute atomic E-state index is 6.68. The van der Waals surface area contributed by atoms with Crippen molar-refractivity contribution < 1.29 is 4.42 Å². The highest BCUT2D eigenvalue weighted by molar-refractivity contribution is 6.21. The van der Waals surface area contributed by atoms with Gasteiger partial charge in [0.2, 0.25) is 0 Å². The lowest BCUT2D eigenvalue weighted by Crippen LogP contribution is -2.00. The molecule has 0 fully saturated rings. The van der Waals surface area contributed by atoms with Crippen LogP contribution in [0.25, 0.3) is 99.9 Å². The van der Waals surface area contributed by atoms with Gasteiger partial charge in [-0.2, -0.15) is 0 Å². The molecule has 0 amide bonds. The number of benzene rings is 8. The van der Waals surface area contributed by atoms with Crippen LogP contribution in [0.1, 0.15) is 0 Å². The van der Waals surface area contributed by atoms with Crippen LogP contribution >= 0.6 is 0 Å². The van der Waals surface area contributed by atoms with Gasteiger partial charge in [0, 0.05) is 32.8 Å². The molecule has 0 saturated carbocycles. The second kappa shape index (κ2) is 11.9. The molecule has 0 aliphatic carbocycles. The minimum Gasteiger partial charge on any atom is -0.455 e. The number of hydrogen-bond donors (Lipinski definition) is 0. The largest absolute Gasteiger partial charge is 0.455 e. The lowest BCUT2D eigenvalue weighted by atomic mass is 9.96. The van der Waals surface area contributed by atoms with Gasteiger partial charge in [-0.3, -0.25) is 0 Å². The zero-order valence-electron chi connectivity index (χ0n) is 27.5. The van der Waals surface area contributed by atoms with E-state index in [0.29, 0.717) is 17.5 Å². The molecule has 0 bridgehead atoms. The number of furan rings is 1. The molecule has 4 heteroatoms. The van der Waals surface area contributed by atoms with Crippen LogP contribution in [-0.4, -0.2) is 15.0 Å². The number of rotatable bonds is 5. The average Bonchev–Trinajstić information content (AvgIpc) is 3.61. The van der Waals surface area contributed by atoms with Crippen molar-refractivity contribution in [1.29, 1.82) is 0 Å². The summed E-state index contributed by atoms with van der Waals surface area (Å²) < 4.78 is 6.68. The van der Waals surface area contributed by atoms with Crippen molar-refractivity contribution in [2.75, 3.05) is 0 Å². The minimum atomic E-state index is 0.598. The molecule has 0 spiro atoms. The molecule has 8 aromatic carbocycles. The first-order valence-electron chi connectivity index (χ1n) is 17.1. The highest BCUT2D eigenvalue weighted by Crippen LogP contribution is 2.42. The summed E-state index contributed by atoms with van der Waals surface area (Å²) in [6.45, 7) is 0. The predicted molar refractivity (Wildman–Crippen MR) is 209 cm³/mol. The Morgan fingerprint density at radius 1 is 0.333 bits per heavy atom. The Kier molecular flexibility index (Phi) is 6.78. The first kappa shape index (κ1) is 29.0. The van der Waals surface area contributed by atoms with Gasteiger partial charge >= 0.3 is 0 Å². The van der Waals surface area contributed by atoms with Crippen molar-refractivity contribution in [3.8, 4) is 56.4 Å². The number of nitrogens with zero attached hydrogens (tertiary/aromatic N) is 3. The van der Waals surface area contributed by atoms with Gasteiger partial charge in [0.15, 0.2) is 17.5 Å². The molecule has 0 unspecified atom stereocenters. The van der Waals surface area contributed by atoms with Crippen LogP contribution in [0.5, 0.6) is 0 Å². The summed E-state index contributed by atoms with van der Waals surface area (Å²) in [5.74, 6) is 1.83. The van der Waals surface area contributed by atoms with Gasteiger partial charge in [0.1, 0.15) is 11.2 Å². The fourth-order valence-electron chi connectivity index (χ4n) is 7.12. The third kappa shape index (κ3) is 5.13. The van der Waals surface area contributed by atoms with Crippen LogP contribution in [0.4, 0.5) is 0 Å². The molecule has 0 saturated heterocycles. The molecule has 0 radical (unpaired) electrons. The quantitative estimate of drug-likeness (QED) is 0.186. The van der Waals surface area contributed by atoms with Gasteiger partial charge in [-0.15, -0.1) is 0 Å². The Labute approximate surface area is 294 Å². The van der Waals surface area contributed by atoms with E-state index < -0.39 is 0 Å². The molecule has 51 heavy (non-hydrogen) atoms. The molecule has 0 aliphatic heterocycles. The Balaban J connectivity index is 1.22. The van der Waals surface area contributed by atoms with Crippen molar-refractivity contribution >= 4 is 43.5 Å². The van der Waals surface area contributed by atoms with Crippen LogP contribution in [0, 0.1) is 0 Å². The molecule has 0 aliphatic rings. The fourth-order valence-corrected chi connectivity index (χ4v) is 7.12. The maximum atomic E-state index is 6.68. The standard InChI is InChI=1S/C47H29N3O/c1-3-11-30(12-4-1)33-19-22-34(23-20-33)45-48-46(38-26-21-32-15-7-8-16-35(32)27-38)50-47(49-45)41-29-37-25-24-36(31-13-5-2-6-14-31)28-40(37)44-43(41)39-17-9-10-18-42(39)51-44/h1-29H. The topological polar surface area (TPSA) is 51.8 Å². The smallest absolute Gasteiger partial charge is 0.164 e. The van der Waals surface area contributed by atoms with Crippen molar-refractivity contribution in [2.24, 2.45) is 0 Å². The maximum Gasteiger partial charge on any atom is 0.164 e. The Morgan fingerprint density at radius 3 is 1.67 bits per heavy atom. The zero-order chi connectivity index (χ0) is 33.7. The van der Waals surface area contributed by atoms with Gasteiger partial charge in [-0.05, 0) is 62.7 Å². The summed E-state index contributed by atoms with van der Waals surface area (Å²) in [6, 6.07) is 61.0. The average molecular weight is 652 g/mol. The molecule has 238 valence electrons. The van der Waals surface area contributed by atoms with Gasteiger partial charge in [-0.1, -0.05) is 152 Å². The number of fused-ring (bicyclic) bond motifs is 6. The molecule has 0 N–H and O–H groups in total. The monoisotopic (exact) mass is 651 g/mol. The van der Waals surface area contributed by atoms with Crippen LogP contribution in [0.2, 0.25) is 0 Å². The number of para-hydroxylation sites is 1. The predicted octanol–water partition coefficient (Wildman–Crippen LogP) is 12.4. The lowest BCUT2D eigenvalue weighted by molar-refractivity contribution is 0.672. The second-order valence-corrected chi connectivity index (χ2v) is 12.8. The van der Waals surface area contributed by atoms with Crippen LogP contribution < -0.4 is 0 Å². The van der Waals surface area contributed by atoms with E-state index in [1.165, 1.54) is 5.39 Å². The van der Waals surface area contributed by atoms with Gasteiger partial charge < -0.3 is 4.42 Å². The molecule has 10 aromatic rings. The molecular formula is C47H29N3O. The van der Waals surface area contributed by atoms with E-state index in [1.54, 1.807) is 0 Å². The number of hydrogen-bond acceptors (Lipinski definition) is 4. The first-order valence-corrected chi connectivity index (χ1v) is 17.1. The summed E-state index contributed by atoms with van der Waals surface area (Å²) in [5, 5.41) is 6.42. The van der Waals surface area contributed by atoms with Crippen molar-refractivity contribution in [2.45, 2.75) is 0 Å². The molecule has 0 atom stereocenters. The van der Waals surface area contributed by atoms with Gasteiger partial charge in [0.05, 0.1) is 0 Å². The third-order valence-corrected chi connectivity index (χ3v) is 9.70. The van der Waals surface area contributed by atoms with Gasteiger partial charge in [0.25, 0.3) is 0 Å². The summed E-state index contributed by atoms with van der Waals surface area (Å²) in [5.41, 5.74) is 9.00. The summed E-state index contributed by atoms with van der Waals surface area (Å²) in [4.78, 5) is 15.5. The molecule has 10 rings (SSSR count). The van der Waals surface area contributed by atoms with E-state index in [0.717, 1.165) is 77.0 Å². The fraction of sp³-hybridized carbons (Fsp3) is 0. The highest BCUT2D eigenvalue weighted by atomic mass is 16.3. The summed E-state index contributed by atoms with van der Waals surface area (Å²) in [6.07, 6.45) is 0. The van der Waals surface area contributed by atoms with E-state index in [2.05, 4.69) is 152 Å². The Hall–Kier alpha value is -6.91. The number of aromatic nitrogens is 3. The Morgan fingerprint density at radius 2 is 0.882 bits per heavy atom. The van der Waals surface area contributed by atoms with E-state index >= 15 is 0 Å². The van der Waals surface area contributed by atoms with Crippen molar-refractivity contribution in [3.63, 3.8) is 0 Å². The second-order valence-electron chi connectivity index (χ2n) is 12.8. The lowest BCUT2D eigenvalue weighted by Gasteiger charge is -2.12. The van der Waals surface area contributed by atoms with E-state index in [9.17, 15) is 0 Å². The molecule has 4 nitrogen and oxygen atoms in total. The highest BCUT2D eigenvalue weighted by Gasteiger charge is 2.21. The normalized spacial score (nSPS) is 11.5. The van der Waals surface area contributed by atoms with Gasteiger partial charge in [-0.25, -0.2) is 15.0 Å². The van der Waals surface area contributed by atoms with E-state index in [1.807, 2.05) is 24.3 Å². The van der Waals surface area contributed by atoms with Crippen LogP contribution in [-0.2, 0) is 0 Å². The van der Waals surface area contributed by atoms with Crippen molar-refractivity contribution in [3.05, 3.63) is 176 Å². The van der Waals surface area contributed by atoms with Crippen molar-refractivity contribution in [1.82, 2.24) is 15.0 Å². The Bertz CT molecular complexity index is 2900. The molecule has 2 heterocycles. The molecular weight excluding hydrogens is 623 g/mol.